The number of carbonyl (C=O) groups excluding carboxylic acids is 1. The van der Waals surface area contributed by atoms with Gasteiger partial charge in [0.2, 0.25) is 5.91 Å². The molecule has 0 aliphatic heterocycles. The molecule has 1 heterocycles. The maximum atomic E-state index is 11.2. The molecule has 1 aromatic rings. The summed E-state index contributed by atoms with van der Waals surface area (Å²) in [5.74, 6) is -0.201. The average Bonchev–Trinajstić information content (AvgIpc) is 2.35. The van der Waals surface area contributed by atoms with Crippen LogP contribution in [0.2, 0.25) is 0 Å². The maximum Gasteiger partial charge on any atom is 0.241 e. The number of H-pyrrole nitrogens is 1. The minimum absolute atomic E-state index is 0.201. The third-order valence-electron chi connectivity index (χ3n) is 1.79. The molecule has 1 atom stereocenters. The highest BCUT2D eigenvalue weighted by molar-refractivity contribution is 5.95. The van der Waals surface area contributed by atoms with Gasteiger partial charge in [0.15, 0.2) is 0 Å². The standard InChI is InChI=1S/C8H14N4O/c1-4(9)8(13)10-7-5(2)11-12-6(7)3/h4H,9H2,1-3H3,(H,10,13)(H,11,12)/t4-/m0/s1. The van der Waals surface area contributed by atoms with Crippen LogP contribution in [0.15, 0.2) is 0 Å². The Morgan fingerprint density at radius 3 is 2.62 bits per heavy atom. The van der Waals surface area contributed by atoms with Crippen LogP contribution in [0.1, 0.15) is 18.3 Å². The van der Waals surface area contributed by atoms with Gasteiger partial charge in [-0.3, -0.25) is 9.89 Å². The Morgan fingerprint density at radius 2 is 2.23 bits per heavy atom. The Hall–Kier alpha value is -1.36. The second kappa shape index (κ2) is 3.57. The van der Waals surface area contributed by atoms with Crippen LogP contribution in [0.4, 0.5) is 5.69 Å². The van der Waals surface area contributed by atoms with Crippen LogP contribution in [-0.2, 0) is 4.79 Å². The van der Waals surface area contributed by atoms with Gasteiger partial charge in [0.25, 0.3) is 0 Å². The highest BCUT2D eigenvalue weighted by Gasteiger charge is 2.12. The molecule has 0 unspecified atom stereocenters. The highest BCUT2D eigenvalue weighted by Crippen LogP contribution is 2.15. The summed E-state index contributed by atoms with van der Waals surface area (Å²) in [4.78, 5) is 11.2. The van der Waals surface area contributed by atoms with Crippen molar-refractivity contribution in [2.24, 2.45) is 5.73 Å². The molecular weight excluding hydrogens is 168 g/mol. The normalized spacial score (nSPS) is 12.6. The first-order chi connectivity index (χ1) is 6.02. The molecule has 4 N–H and O–H groups in total. The van der Waals surface area contributed by atoms with Crippen LogP contribution in [-0.4, -0.2) is 22.1 Å². The lowest BCUT2D eigenvalue weighted by molar-refractivity contribution is -0.117. The molecule has 1 amide bonds. The predicted octanol–water partition coefficient (Wildman–Crippen LogP) is 0.312. The molecule has 0 radical (unpaired) electrons. The number of aromatic nitrogens is 2. The van der Waals surface area contributed by atoms with E-state index in [0.717, 1.165) is 17.1 Å². The smallest absolute Gasteiger partial charge is 0.241 e. The number of aryl methyl sites for hydroxylation is 2. The summed E-state index contributed by atoms with van der Waals surface area (Å²) < 4.78 is 0. The van der Waals surface area contributed by atoms with Crippen molar-refractivity contribution in [1.29, 1.82) is 0 Å². The zero-order valence-corrected chi connectivity index (χ0v) is 8.01. The van der Waals surface area contributed by atoms with Crippen molar-refractivity contribution in [3.05, 3.63) is 11.4 Å². The first-order valence-electron chi connectivity index (χ1n) is 4.10. The lowest BCUT2D eigenvalue weighted by atomic mass is 10.3. The van der Waals surface area contributed by atoms with Crippen molar-refractivity contribution in [3.8, 4) is 0 Å². The van der Waals surface area contributed by atoms with Crippen LogP contribution in [0.3, 0.4) is 0 Å². The van der Waals surface area contributed by atoms with Crippen LogP contribution in [0.5, 0.6) is 0 Å². The van der Waals surface area contributed by atoms with Gasteiger partial charge in [-0.25, -0.2) is 0 Å². The predicted molar refractivity (Wildman–Crippen MR) is 50.3 cm³/mol. The van der Waals surface area contributed by atoms with E-state index in [9.17, 15) is 4.79 Å². The second-order valence-corrected chi connectivity index (χ2v) is 3.09. The van der Waals surface area contributed by atoms with Gasteiger partial charge in [0.1, 0.15) is 0 Å². The quantitative estimate of drug-likeness (QED) is 0.615. The Labute approximate surface area is 76.7 Å². The summed E-state index contributed by atoms with van der Waals surface area (Å²) in [7, 11) is 0. The molecule has 5 heteroatoms. The first kappa shape index (κ1) is 9.73. The highest BCUT2D eigenvalue weighted by atomic mass is 16.2. The molecule has 0 spiro atoms. The number of aromatic amines is 1. The third-order valence-corrected chi connectivity index (χ3v) is 1.79. The van der Waals surface area contributed by atoms with Gasteiger partial charge in [-0.15, -0.1) is 0 Å². The Bertz CT molecular complexity index is 296. The minimum Gasteiger partial charge on any atom is -0.322 e. The molecule has 0 aliphatic rings. The van der Waals surface area contributed by atoms with Gasteiger partial charge in [-0.05, 0) is 20.8 Å². The molecule has 0 saturated heterocycles. The molecule has 1 rings (SSSR count). The van der Waals surface area contributed by atoms with E-state index in [1.165, 1.54) is 0 Å². The van der Waals surface area contributed by atoms with E-state index in [-0.39, 0.29) is 5.91 Å². The zero-order chi connectivity index (χ0) is 10.0. The fourth-order valence-electron chi connectivity index (χ4n) is 0.972. The lowest BCUT2D eigenvalue weighted by Gasteiger charge is -2.06. The largest absolute Gasteiger partial charge is 0.322 e. The third kappa shape index (κ3) is 2.06. The van der Waals surface area contributed by atoms with Crippen molar-refractivity contribution in [1.82, 2.24) is 10.2 Å². The number of anilines is 1. The van der Waals surface area contributed by atoms with Gasteiger partial charge in [-0.1, -0.05) is 0 Å². The second-order valence-electron chi connectivity index (χ2n) is 3.09. The van der Waals surface area contributed by atoms with E-state index in [0.29, 0.717) is 0 Å². The Kier molecular flexibility index (Phi) is 2.67. The van der Waals surface area contributed by atoms with Crippen LogP contribution in [0.25, 0.3) is 0 Å². The SMILES string of the molecule is Cc1n[nH]c(C)c1NC(=O)[C@H](C)N. The zero-order valence-electron chi connectivity index (χ0n) is 8.01. The molecule has 0 bridgehead atoms. The molecule has 72 valence electrons. The number of nitrogens with zero attached hydrogens (tertiary/aromatic N) is 1. The van der Waals surface area contributed by atoms with Crippen molar-refractivity contribution in [3.63, 3.8) is 0 Å². The Balaban J connectivity index is 2.79. The van der Waals surface area contributed by atoms with Crippen LogP contribution < -0.4 is 11.1 Å². The van der Waals surface area contributed by atoms with Crippen molar-refractivity contribution < 1.29 is 4.79 Å². The maximum absolute atomic E-state index is 11.2. The first-order valence-corrected chi connectivity index (χ1v) is 4.10. The summed E-state index contributed by atoms with van der Waals surface area (Å²) in [6.07, 6.45) is 0. The molecule has 0 fully saturated rings. The minimum atomic E-state index is -0.506. The van der Waals surface area contributed by atoms with Gasteiger partial charge in [-0.2, -0.15) is 5.10 Å². The number of carbonyl (C=O) groups is 1. The van der Waals surface area contributed by atoms with E-state index in [4.69, 9.17) is 5.73 Å². The van der Waals surface area contributed by atoms with E-state index < -0.39 is 6.04 Å². The van der Waals surface area contributed by atoms with Crippen molar-refractivity contribution in [2.75, 3.05) is 5.32 Å². The van der Waals surface area contributed by atoms with Crippen molar-refractivity contribution >= 4 is 11.6 Å². The average molecular weight is 182 g/mol. The number of nitrogens with one attached hydrogen (secondary N) is 2. The summed E-state index contributed by atoms with van der Waals surface area (Å²) in [5.41, 5.74) is 7.74. The van der Waals surface area contributed by atoms with Gasteiger partial charge >= 0.3 is 0 Å². The fourth-order valence-corrected chi connectivity index (χ4v) is 0.972. The topological polar surface area (TPSA) is 83.8 Å². The monoisotopic (exact) mass is 182 g/mol. The van der Waals surface area contributed by atoms with E-state index >= 15 is 0 Å². The fraction of sp³-hybridized carbons (Fsp3) is 0.500. The molecule has 0 saturated carbocycles. The molecular formula is C8H14N4O. The molecule has 0 aromatic carbocycles. The number of rotatable bonds is 2. The Morgan fingerprint density at radius 1 is 1.62 bits per heavy atom. The number of hydrogen-bond donors (Lipinski definition) is 3. The summed E-state index contributed by atoms with van der Waals surface area (Å²) in [6, 6.07) is -0.506. The van der Waals surface area contributed by atoms with Crippen LogP contribution >= 0.6 is 0 Å². The van der Waals surface area contributed by atoms with Crippen LogP contribution in [0, 0.1) is 13.8 Å². The molecule has 13 heavy (non-hydrogen) atoms. The number of nitrogens with two attached hydrogens (primary N) is 1. The molecule has 0 aliphatic carbocycles. The molecule has 5 nitrogen and oxygen atoms in total. The van der Waals surface area contributed by atoms with E-state index in [1.807, 2.05) is 13.8 Å². The van der Waals surface area contributed by atoms with Crippen molar-refractivity contribution in [2.45, 2.75) is 26.8 Å². The van der Waals surface area contributed by atoms with Gasteiger partial charge in [0, 0.05) is 0 Å². The van der Waals surface area contributed by atoms with E-state index in [2.05, 4.69) is 15.5 Å². The summed E-state index contributed by atoms with van der Waals surface area (Å²) >= 11 is 0. The summed E-state index contributed by atoms with van der Waals surface area (Å²) in [5, 5.41) is 9.42. The lowest BCUT2D eigenvalue weighted by Crippen LogP contribution is -2.32. The summed E-state index contributed by atoms with van der Waals surface area (Å²) in [6.45, 7) is 5.30. The number of hydrogen-bond acceptors (Lipinski definition) is 3. The molecule has 1 aromatic heterocycles. The van der Waals surface area contributed by atoms with E-state index in [1.54, 1.807) is 6.92 Å². The number of amides is 1. The van der Waals surface area contributed by atoms with Gasteiger partial charge in [0.05, 0.1) is 23.1 Å². The van der Waals surface area contributed by atoms with Gasteiger partial charge < -0.3 is 11.1 Å².